The SMILES string of the molecule is C[N+](C)(C=C1C=CC=C[CH+]1)CCNCCCCCCCCCCCCCCCCCCC[Si]. The fourth-order valence-corrected chi connectivity index (χ4v) is 4.78. The van der Waals surface area contributed by atoms with Crippen LogP contribution in [0.4, 0.5) is 0 Å². The molecule has 0 unspecified atom stereocenters. The number of rotatable bonds is 23. The number of quaternary nitrogens is 1. The Kier molecular flexibility index (Phi) is 19.9. The largest absolute Gasteiger partial charge is 0.311 e. The van der Waals surface area contributed by atoms with Gasteiger partial charge in [0.2, 0.25) is 0 Å². The Morgan fingerprint density at radius 3 is 1.64 bits per heavy atom. The molecule has 0 aromatic rings. The summed E-state index contributed by atoms with van der Waals surface area (Å²) in [6.07, 6.45) is 37.4. The molecule has 0 saturated carbocycles. The lowest BCUT2D eigenvalue weighted by atomic mass is 10.0. The zero-order chi connectivity index (χ0) is 23.9. The third-order valence-electron chi connectivity index (χ3n) is 6.69. The Hall–Kier alpha value is -0.773. The lowest BCUT2D eigenvalue weighted by molar-refractivity contribution is -0.837. The van der Waals surface area contributed by atoms with Crippen molar-refractivity contribution < 1.29 is 4.48 Å². The van der Waals surface area contributed by atoms with Gasteiger partial charge in [0.1, 0.15) is 12.1 Å². The lowest BCUT2D eigenvalue weighted by Gasteiger charge is -2.23. The van der Waals surface area contributed by atoms with E-state index in [1.807, 2.05) is 0 Å². The molecule has 1 aliphatic carbocycles. The molecule has 0 amide bonds. The lowest BCUT2D eigenvalue weighted by Crippen LogP contribution is -2.40. The second-order valence-electron chi connectivity index (χ2n) is 10.6. The molecule has 0 bridgehead atoms. The monoisotopic (exact) mass is 471 g/mol. The van der Waals surface area contributed by atoms with Crippen LogP contribution in [0.3, 0.4) is 0 Å². The van der Waals surface area contributed by atoms with E-state index in [2.05, 4.69) is 66.6 Å². The van der Waals surface area contributed by atoms with Gasteiger partial charge in [0.05, 0.1) is 14.1 Å². The Morgan fingerprint density at radius 1 is 0.697 bits per heavy atom. The van der Waals surface area contributed by atoms with Gasteiger partial charge in [-0.3, -0.25) is 4.48 Å². The smallest absolute Gasteiger partial charge is 0.177 e. The van der Waals surface area contributed by atoms with Crippen LogP contribution in [0.25, 0.3) is 0 Å². The molecule has 1 N–H and O–H groups in total. The second-order valence-corrected chi connectivity index (χ2v) is 11.1. The summed E-state index contributed by atoms with van der Waals surface area (Å²) >= 11 is 0. The van der Waals surface area contributed by atoms with Gasteiger partial charge < -0.3 is 5.32 Å². The number of nitrogens with one attached hydrogen (secondary N) is 1. The highest BCUT2D eigenvalue weighted by molar-refractivity contribution is 6.08. The van der Waals surface area contributed by atoms with Crippen LogP contribution in [0, 0.1) is 6.42 Å². The molecule has 0 saturated heterocycles. The fraction of sp³-hybridized carbons (Fsp3) is 0.767. The molecule has 3 heteroatoms. The van der Waals surface area contributed by atoms with Crippen molar-refractivity contribution in [2.75, 3.05) is 33.7 Å². The maximum atomic E-state index is 3.64. The average molecular weight is 472 g/mol. The van der Waals surface area contributed by atoms with Crippen molar-refractivity contribution in [2.24, 2.45) is 0 Å². The number of hydrogen-bond donors (Lipinski definition) is 1. The van der Waals surface area contributed by atoms with Gasteiger partial charge in [-0.2, -0.15) is 0 Å². The minimum Gasteiger partial charge on any atom is -0.311 e. The van der Waals surface area contributed by atoms with Gasteiger partial charge >= 0.3 is 0 Å². The Labute approximate surface area is 211 Å². The number of allylic oxidation sites excluding steroid dienone is 5. The van der Waals surface area contributed by atoms with Crippen LogP contribution in [0.1, 0.15) is 109 Å². The normalized spacial score (nSPS) is 14.8. The van der Waals surface area contributed by atoms with E-state index in [9.17, 15) is 0 Å². The first kappa shape index (κ1) is 30.3. The van der Waals surface area contributed by atoms with E-state index in [4.69, 9.17) is 0 Å². The summed E-state index contributed by atoms with van der Waals surface area (Å²) in [4.78, 5) is 0. The van der Waals surface area contributed by atoms with E-state index in [0.717, 1.165) is 17.6 Å². The first-order valence-corrected chi connectivity index (χ1v) is 14.9. The zero-order valence-electron chi connectivity index (χ0n) is 22.3. The third-order valence-corrected chi connectivity index (χ3v) is 7.05. The summed E-state index contributed by atoms with van der Waals surface area (Å²) in [6, 6.07) is 1.17. The van der Waals surface area contributed by atoms with Crippen molar-refractivity contribution in [1.29, 1.82) is 0 Å². The summed E-state index contributed by atoms with van der Waals surface area (Å²) < 4.78 is 0.925. The maximum Gasteiger partial charge on any atom is 0.177 e. The zero-order valence-corrected chi connectivity index (χ0v) is 23.3. The molecule has 0 aromatic carbocycles. The Morgan fingerprint density at radius 2 is 1.18 bits per heavy atom. The van der Waals surface area contributed by atoms with Crippen molar-refractivity contribution in [1.82, 2.24) is 5.32 Å². The average Bonchev–Trinajstić information content (AvgIpc) is 2.80. The molecule has 1 aliphatic rings. The van der Waals surface area contributed by atoms with Crippen molar-refractivity contribution in [2.45, 2.75) is 115 Å². The quantitative estimate of drug-likeness (QED) is 0.0687. The van der Waals surface area contributed by atoms with Gasteiger partial charge in [-0.05, 0) is 13.0 Å². The second kappa shape index (κ2) is 21.7. The highest BCUT2D eigenvalue weighted by Gasteiger charge is 2.17. The van der Waals surface area contributed by atoms with Crippen molar-refractivity contribution in [3.8, 4) is 0 Å². The van der Waals surface area contributed by atoms with Gasteiger partial charge in [-0.1, -0.05) is 109 Å². The first-order valence-electron chi connectivity index (χ1n) is 14.2. The van der Waals surface area contributed by atoms with E-state index >= 15 is 0 Å². The van der Waals surface area contributed by atoms with E-state index in [0.29, 0.717) is 0 Å². The standard InChI is InChI=1S/C30H55N2Si/c1-32(2,29-30-23-19-18-20-24-30)27-26-31-25-21-16-14-12-10-8-6-4-3-5-7-9-11-13-15-17-22-28-33/h18-20,23-24,29,31H,3-17,21-22,25-28H2,1-2H3/q+2. The molecule has 0 spiro atoms. The third kappa shape index (κ3) is 20.3. The van der Waals surface area contributed by atoms with Gasteiger partial charge in [0.15, 0.2) is 6.20 Å². The summed E-state index contributed by atoms with van der Waals surface area (Å²) in [5.41, 5.74) is 1.31. The molecule has 0 heterocycles. The summed E-state index contributed by atoms with van der Waals surface area (Å²) in [6.45, 7) is 3.39. The highest BCUT2D eigenvalue weighted by atomic mass is 28.1. The van der Waals surface area contributed by atoms with E-state index in [1.165, 1.54) is 127 Å². The molecule has 187 valence electrons. The molecular formula is C30H55N2Si+2. The predicted octanol–water partition coefficient (Wildman–Crippen LogP) is 8.09. The van der Waals surface area contributed by atoms with E-state index in [-0.39, 0.29) is 0 Å². The van der Waals surface area contributed by atoms with Crippen LogP contribution >= 0.6 is 0 Å². The highest BCUT2D eigenvalue weighted by Crippen LogP contribution is 2.15. The molecule has 2 nitrogen and oxygen atoms in total. The van der Waals surface area contributed by atoms with Gasteiger partial charge in [0.25, 0.3) is 0 Å². The van der Waals surface area contributed by atoms with Crippen LogP contribution < -0.4 is 5.32 Å². The molecule has 0 atom stereocenters. The summed E-state index contributed by atoms with van der Waals surface area (Å²) in [5.74, 6) is 0. The van der Waals surface area contributed by atoms with Gasteiger partial charge in [-0.15, -0.1) is 0 Å². The topological polar surface area (TPSA) is 12.0 Å². The summed E-state index contributed by atoms with van der Waals surface area (Å²) in [5, 5.41) is 3.64. The van der Waals surface area contributed by atoms with E-state index < -0.39 is 0 Å². The number of nitrogens with zero attached hydrogens (tertiary/aromatic N) is 1. The van der Waals surface area contributed by atoms with Gasteiger partial charge in [-0.25, -0.2) is 0 Å². The van der Waals surface area contributed by atoms with Crippen LogP contribution in [0.5, 0.6) is 0 Å². The molecule has 0 fully saturated rings. The molecule has 33 heavy (non-hydrogen) atoms. The number of hydrogen-bond acceptors (Lipinski definition) is 1. The summed E-state index contributed by atoms with van der Waals surface area (Å²) in [7, 11) is 8.12. The maximum absolute atomic E-state index is 3.64. The fourth-order valence-electron chi connectivity index (χ4n) is 4.53. The van der Waals surface area contributed by atoms with Crippen LogP contribution in [-0.2, 0) is 0 Å². The molecule has 3 radical (unpaired) electrons. The minimum atomic E-state index is 0.925. The number of likely N-dealkylation sites (N-methyl/N-ethyl adjacent to an activating group) is 1. The first-order chi connectivity index (χ1) is 16.1. The molecule has 1 rings (SSSR count). The van der Waals surface area contributed by atoms with Crippen LogP contribution in [0.2, 0.25) is 6.04 Å². The van der Waals surface area contributed by atoms with Crippen LogP contribution in [0.15, 0.2) is 36.1 Å². The van der Waals surface area contributed by atoms with Crippen molar-refractivity contribution >= 4 is 10.2 Å². The van der Waals surface area contributed by atoms with E-state index in [1.54, 1.807) is 0 Å². The van der Waals surface area contributed by atoms with Gasteiger partial charge in [0, 0.05) is 47.5 Å². The van der Waals surface area contributed by atoms with Crippen molar-refractivity contribution in [3.63, 3.8) is 0 Å². The Bertz CT molecular complexity index is 521. The van der Waals surface area contributed by atoms with Crippen molar-refractivity contribution in [3.05, 3.63) is 42.5 Å². The molecule has 0 aromatic heterocycles. The Balaban J connectivity index is 1.76. The van der Waals surface area contributed by atoms with Crippen LogP contribution in [-0.4, -0.2) is 48.5 Å². The molecular weight excluding hydrogens is 416 g/mol. The predicted molar refractivity (Wildman–Crippen MR) is 150 cm³/mol. The molecule has 0 aliphatic heterocycles. The number of unbranched alkanes of at least 4 members (excludes halogenated alkanes) is 16. The minimum absolute atomic E-state index is 0.925.